The molecular formula is C21H26N2O4S. The van der Waals surface area contributed by atoms with E-state index >= 15 is 0 Å². The topological polar surface area (TPSA) is 75.7 Å². The molecule has 1 aliphatic heterocycles. The highest BCUT2D eigenvalue weighted by molar-refractivity contribution is 7.89. The summed E-state index contributed by atoms with van der Waals surface area (Å²) in [7, 11) is -3.41. The summed E-state index contributed by atoms with van der Waals surface area (Å²) in [5, 5.41) is 2.79. The summed E-state index contributed by atoms with van der Waals surface area (Å²) < 4.78 is 32.2. The summed E-state index contributed by atoms with van der Waals surface area (Å²) in [5.74, 6) is 0.473. The highest BCUT2D eigenvalue weighted by atomic mass is 32.2. The Morgan fingerprint density at radius 1 is 1.07 bits per heavy atom. The first-order chi connectivity index (χ1) is 13.4. The first kappa shape index (κ1) is 20.4. The number of hydrogen-bond donors (Lipinski definition) is 1. The van der Waals surface area contributed by atoms with Crippen LogP contribution in [0.3, 0.4) is 0 Å². The monoisotopic (exact) mass is 402 g/mol. The van der Waals surface area contributed by atoms with Gasteiger partial charge >= 0.3 is 0 Å². The van der Waals surface area contributed by atoms with Crippen molar-refractivity contribution in [3.05, 3.63) is 59.2 Å². The van der Waals surface area contributed by atoms with Crippen molar-refractivity contribution < 1.29 is 17.9 Å². The van der Waals surface area contributed by atoms with Crippen molar-refractivity contribution in [3.8, 4) is 5.75 Å². The molecule has 0 aliphatic carbocycles. The molecule has 1 heterocycles. The second-order valence-electron chi connectivity index (χ2n) is 7.02. The van der Waals surface area contributed by atoms with Crippen molar-refractivity contribution in [1.29, 1.82) is 0 Å². The third-order valence-corrected chi connectivity index (χ3v) is 6.94. The van der Waals surface area contributed by atoms with Gasteiger partial charge in [-0.05, 0) is 61.6 Å². The van der Waals surface area contributed by atoms with E-state index in [-0.39, 0.29) is 12.5 Å². The van der Waals surface area contributed by atoms with Crippen LogP contribution in [0.4, 0.5) is 0 Å². The molecule has 1 N–H and O–H groups in total. The lowest BCUT2D eigenvalue weighted by atomic mass is 10.1. The van der Waals surface area contributed by atoms with Gasteiger partial charge in [-0.25, -0.2) is 8.42 Å². The SMILES string of the molecule is Cc1cccc(OCC(=O)NCc2ccc(S(=O)(=O)N3CCCC3)cc2)c1C. The number of sulfonamides is 1. The van der Waals surface area contributed by atoms with Crippen molar-refractivity contribution in [2.45, 2.75) is 38.1 Å². The molecule has 28 heavy (non-hydrogen) atoms. The van der Waals surface area contributed by atoms with Gasteiger partial charge in [-0.1, -0.05) is 24.3 Å². The van der Waals surface area contributed by atoms with E-state index < -0.39 is 10.0 Å². The highest BCUT2D eigenvalue weighted by Crippen LogP contribution is 2.21. The summed E-state index contributed by atoms with van der Waals surface area (Å²) in [6.07, 6.45) is 1.82. The summed E-state index contributed by atoms with van der Waals surface area (Å²) in [6, 6.07) is 12.4. The van der Waals surface area contributed by atoms with E-state index in [1.807, 2.05) is 32.0 Å². The molecule has 3 rings (SSSR count). The Hall–Kier alpha value is -2.38. The Labute approximate surface area is 166 Å². The number of aryl methyl sites for hydroxylation is 1. The lowest BCUT2D eigenvalue weighted by Gasteiger charge is -2.15. The van der Waals surface area contributed by atoms with E-state index in [1.54, 1.807) is 24.3 Å². The maximum atomic E-state index is 12.5. The average Bonchev–Trinajstić information content (AvgIpc) is 3.23. The predicted octanol–water partition coefficient (Wildman–Crippen LogP) is 2.78. The molecule has 0 saturated carbocycles. The minimum absolute atomic E-state index is 0.0638. The van der Waals surface area contributed by atoms with E-state index in [0.29, 0.717) is 30.3 Å². The van der Waals surface area contributed by atoms with Gasteiger partial charge in [0.1, 0.15) is 5.75 Å². The predicted molar refractivity (Wildman–Crippen MR) is 108 cm³/mol. The normalized spacial score (nSPS) is 14.8. The van der Waals surface area contributed by atoms with Crippen LogP contribution in [-0.4, -0.2) is 38.3 Å². The minimum atomic E-state index is -3.41. The molecule has 0 aromatic heterocycles. The third kappa shape index (κ3) is 4.72. The Morgan fingerprint density at radius 3 is 2.43 bits per heavy atom. The molecule has 1 fully saturated rings. The van der Waals surface area contributed by atoms with Crippen LogP contribution in [0.25, 0.3) is 0 Å². The molecule has 0 atom stereocenters. The maximum Gasteiger partial charge on any atom is 0.258 e. The largest absolute Gasteiger partial charge is 0.483 e. The zero-order valence-corrected chi connectivity index (χ0v) is 17.1. The second kappa shape index (κ2) is 8.75. The number of carbonyl (C=O) groups excluding carboxylic acids is 1. The van der Waals surface area contributed by atoms with Crippen LogP contribution in [0, 0.1) is 13.8 Å². The van der Waals surface area contributed by atoms with E-state index in [1.165, 1.54) is 4.31 Å². The lowest BCUT2D eigenvalue weighted by Crippen LogP contribution is -2.29. The number of ether oxygens (including phenoxy) is 1. The van der Waals surface area contributed by atoms with Gasteiger partial charge in [0, 0.05) is 19.6 Å². The van der Waals surface area contributed by atoms with Crippen LogP contribution >= 0.6 is 0 Å². The zero-order valence-electron chi connectivity index (χ0n) is 16.3. The Balaban J connectivity index is 1.52. The quantitative estimate of drug-likeness (QED) is 0.773. The molecular weight excluding hydrogens is 376 g/mol. The van der Waals surface area contributed by atoms with Crippen LogP contribution in [0.1, 0.15) is 29.5 Å². The van der Waals surface area contributed by atoms with E-state index in [9.17, 15) is 13.2 Å². The summed E-state index contributed by atoms with van der Waals surface area (Å²) >= 11 is 0. The van der Waals surface area contributed by atoms with Crippen LogP contribution in [-0.2, 0) is 21.4 Å². The molecule has 2 aromatic carbocycles. The standard InChI is InChI=1S/C21H26N2O4S/c1-16-6-5-7-20(17(16)2)27-15-21(24)22-14-18-8-10-19(11-9-18)28(25,26)23-12-3-4-13-23/h5-11H,3-4,12-15H2,1-2H3,(H,22,24). The van der Waals surface area contributed by atoms with Crippen molar-refractivity contribution in [2.75, 3.05) is 19.7 Å². The van der Waals surface area contributed by atoms with Gasteiger partial charge in [0.05, 0.1) is 4.90 Å². The number of hydrogen-bond acceptors (Lipinski definition) is 4. The fourth-order valence-corrected chi connectivity index (χ4v) is 4.65. The number of nitrogens with zero attached hydrogens (tertiary/aromatic N) is 1. The van der Waals surface area contributed by atoms with Gasteiger partial charge in [-0.2, -0.15) is 4.31 Å². The van der Waals surface area contributed by atoms with Crippen LogP contribution in [0.15, 0.2) is 47.4 Å². The van der Waals surface area contributed by atoms with Gasteiger partial charge in [-0.3, -0.25) is 4.79 Å². The molecule has 0 radical (unpaired) electrons. The first-order valence-corrected chi connectivity index (χ1v) is 10.9. The van der Waals surface area contributed by atoms with Crippen molar-refractivity contribution >= 4 is 15.9 Å². The number of amides is 1. The highest BCUT2D eigenvalue weighted by Gasteiger charge is 2.26. The fourth-order valence-electron chi connectivity index (χ4n) is 3.13. The maximum absolute atomic E-state index is 12.5. The molecule has 7 heteroatoms. The molecule has 6 nitrogen and oxygen atoms in total. The molecule has 0 unspecified atom stereocenters. The fraction of sp³-hybridized carbons (Fsp3) is 0.381. The van der Waals surface area contributed by atoms with Gasteiger partial charge in [0.15, 0.2) is 6.61 Å². The molecule has 1 saturated heterocycles. The van der Waals surface area contributed by atoms with E-state index in [2.05, 4.69) is 5.32 Å². The van der Waals surface area contributed by atoms with Gasteiger partial charge in [0.2, 0.25) is 10.0 Å². The molecule has 0 spiro atoms. The second-order valence-corrected chi connectivity index (χ2v) is 8.96. The van der Waals surface area contributed by atoms with Crippen molar-refractivity contribution in [1.82, 2.24) is 9.62 Å². The third-order valence-electron chi connectivity index (χ3n) is 5.03. The molecule has 2 aromatic rings. The summed E-state index contributed by atoms with van der Waals surface area (Å²) in [5.41, 5.74) is 2.97. The minimum Gasteiger partial charge on any atom is -0.483 e. The number of carbonyl (C=O) groups is 1. The number of rotatable bonds is 7. The van der Waals surface area contributed by atoms with Gasteiger partial charge < -0.3 is 10.1 Å². The van der Waals surface area contributed by atoms with Gasteiger partial charge in [0.25, 0.3) is 5.91 Å². The van der Waals surface area contributed by atoms with Crippen LogP contribution in [0.5, 0.6) is 5.75 Å². The molecule has 0 bridgehead atoms. The van der Waals surface area contributed by atoms with Crippen molar-refractivity contribution in [3.63, 3.8) is 0 Å². The summed E-state index contributed by atoms with van der Waals surface area (Å²) in [4.78, 5) is 12.3. The van der Waals surface area contributed by atoms with Crippen molar-refractivity contribution in [2.24, 2.45) is 0 Å². The molecule has 150 valence electrons. The zero-order chi connectivity index (χ0) is 20.1. The number of benzene rings is 2. The smallest absolute Gasteiger partial charge is 0.258 e. The molecule has 1 amide bonds. The van der Waals surface area contributed by atoms with Crippen LogP contribution < -0.4 is 10.1 Å². The summed E-state index contributed by atoms with van der Waals surface area (Å²) in [6.45, 7) is 5.38. The average molecular weight is 403 g/mol. The Bertz CT molecular complexity index is 933. The Kier molecular flexibility index (Phi) is 6.36. The van der Waals surface area contributed by atoms with E-state index in [0.717, 1.165) is 29.5 Å². The lowest BCUT2D eigenvalue weighted by molar-refractivity contribution is -0.123. The van der Waals surface area contributed by atoms with E-state index in [4.69, 9.17) is 4.74 Å². The number of nitrogens with one attached hydrogen (secondary N) is 1. The Morgan fingerprint density at radius 2 is 1.75 bits per heavy atom. The van der Waals surface area contributed by atoms with Gasteiger partial charge in [-0.15, -0.1) is 0 Å². The molecule has 1 aliphatic rings. The first-order valence-electron chi connectivity index (χ1n) is 9.43. The van der Waals surface area contributed by atoms with Crippen LogP contribution in [0.2, 0.25) is 0 Å².